The van der Waals surface area contributed by atoms with E-state index in [9.17, 15) is 9.18 Å². The van der Waals surface area contributed by atoms with Crippen LogP contribution in [0.15, 0.2) is 46.9 Å². The van der Waals surface area contributed by atoms with E-state index in [1.807, 2.05) is 0 Å². The molecule has 2 rings (SSSR count). The minimum absolute atomic E-state index is 0.307. The van der Waals surface area contributed by atoms with Gasteiger partial charge in [0.1, 0.15) is 5.82 Å². The van der Waals surface area contributed by atoms with Crippen molar-refractivity contribution in [3.63, 3.8) is 0 Å². The first-order valence-corrected chi connectivity index (χ1v) is 6.63. The van der Waals surface area contributed by atoms with Gasteiger partial charge in [0.15, 0.2) is 0 Å². The summed E-state index contributed by atoms with van der Waals surface area (Å²) in [5, 5.41) is 0. The number of carbonyl (C=O) groups excluding carboxylic acids is 1. The lowest BCUT2D eigenvalue weighted by molar-refractivity contribution is 0.0526. The van der Waals surface area contributed by atoms with Gasteiger partial charge in [0.05, 0.1) is 12.2 Å². The Balaban J connectivity index is 2.30. The van der Waals surface area contributed by atoms with Crippen LogP contribution in [0.3, 0.4) is 0 Å². The van der Waals surface area contributed by atoms with Gasteiger partial charge in [-0.25, -0.2) is 9.18 Å². The van der Waals surface area contributed by atoms with Gasteiger partial charge in [-0.2, -0.15) is 0 Å². The molecule has 2 aromatic carbocycles. The van der Waals surface area contributed by atoms with Gasteiger partial charge < -0.3 is 4.74 Å². The van der Waals surface area contributed by atoms with Crippen LogP contribution < -0.4 is 0 Å². The standard InChI is InChI=1S/C15H12BrFO2/c1-2-19-15(18)11-5-3-10(4-6-11)13-8-7-12(16)9-14(13)17/h3-9H,2H2,1H3. The molecule has 98 valence electrons. The number of hydrogen-bond donors (Lipinski definition) is 0. The lowest BCUT2D eigenvalue weighted by atomic mass is 10.0. The van der Waals surface area contributed by atoms with Crippen molar-refractivity contribution in [2.45, 2.75) is 6.92 Å². The molecule has 0 amide bonds. The Morgan fingerprint density at radius 1 is 1.21 bits per heavy atom. The zero-order valence-electron chi connectivity index (χ0n) is 10.3. The Bertz CT molecular complexity index is 594. The molecule has 0 unspecified atom stereocenters. The summed E-state index contributed by atoms with van der Waals surface area (Å²) >= 11 is 3.22. The molecular weight excluding hydrogens is 311 g/mol. The molecule has 0 bridgehead atoms. The fraction of sp³-hybridized carbons (Fsp3) is 0.133. The van der Waals surface area contributed by atoms with Crippen LogP contribution in [0, 0.1) is 5.82 Å². The molecule has 0 heterocycles. The Morgan fingerprint density at radius 2 is 1.89 bits per heavy atom. The van der Waals surface area contributed by atoms with E-state index in [-0.39, 0.29) is 11.8 Å². The van der Waals surface area contributed by atoms with Crippen LogP contribution >= 0.6 is 15.9 Å². The van der Waals surface area contributed by atoms with Crippen LogP contribution in [0.5, 0.6) is 0 Å². The average Bonchev–Trinajstić information content (AvgIpc) is 2.39. The SMILES string of the molecule is CCOC(=O)c1ccc(-c2ccc(Br)cc2F)cc1. The zero-order chi connectivity index (χ0) is 13.8. The lowest BCUT2D eigenvalue weighted by Gasteiger charge is -2.06. The van der Waals surface area contributed by atoms with Crippen molar-refractivity contribution in [2.75, 3.05) is 6.61 Å². The fourth-order valence-corrected chi connectivity index (χ4v) is 2.06. The second kappa shape index (κ2) is 5.97. The predicted molar refractivity (Wildman–Crippen MR) is 75.5 cm³/mol. The maximum atomic E-state index is 13.8. The summed E-state index contributed by atoms with van der Waals surface area (Å²) in [5.74, 6) is -0.677. The van der Waals surface area contributed by atoms with Crippen molar-refractivity contribution < 1.29 is 13.9 Å². The first-order chi connectivity index (χ1) is 9.11. The smallest absolute Gasteiger partial charge is 0.338 e. The highest BCUT2D eigenvalue weighted by Crippen LogP contribution is 2.25. The Hall–Kier alpha value is -1.68. The molecule has 0 aliphatic carbocycles. The summed E-state index contributed by atoms with van der Waals surface area (Å²) in [6, 6.07) is 11.6. The molecule has 0 saturated carbocycles. The second-order valence-electron chi connectivity index (χ2n) is 3.92. The van der Waals surface area contributed by atoms with Crippen LogP contribution in [0.4, 0.5) is 4.39 Å². The van der Waals surface area contributed by atoms with E-state index >= 15 is 0 Å². The summed E-state index contributed by atoms with van der Waals surface area (Å²) in [7, 11) is 0. The summed E-state index contributed by atoms with van der Waals surface area (Å²) in [6.07, 6.45) is 0. The maximum Gasteiger partial charge on any atom is 0.338 e. The van der Waals surface area contributed by atoms with E-state index in [0.717, 1.165) is 5.56 Å². The van der Waals surface area contributed by atoms with Gasteiger partial charge >= 0.3 is 5.97 Å². The highest BCUT2D eigenvalue weighted by atomic mass is 79.9. The highest BCUT2D eigenvalue weighted by Gasteiger charge is 2.09. The number of benzene rings is 2. The number of halogens is 2. The summed E-state index contributed by atoms with van der Waals surface area (Å²) in [5.41, 5.74) is 1.68. The molecule has 19 heavy (non-hydrogen) atoms. The molecule has 4 heteroatoms. The summed E-state index contributed by atoms with van der Waals surface area (Å²) in [4.78, 5) is 11.5. The van der Waals surface area contributed by atoms with E-state index in [4.69, 9.17) is 4.74 Å². The van der Waals surface area contributed by atoms with E-state index in [0.29, 0.717) is 22.2 Å². The maximum absolute atomic E-state index is 13.8. The van der Waals surface area contributed by atoms with Crippen LogP contribution in [0.1, 0.15) is 17.3 Å². The summed E-state index contributed by atoms with van der Waals surface area (Å²) in [6.45, 7) is 2.09. The van der Waals surface area contributed by atoms with Gasteiger partial charge in [0.2, 0.25) is 0 Å². The first kappa shape index (κ1) is 13.7. The molecule has 2 aromatic rings. The lowest BCUT2D eigenvalue weighted by Crippen LogP contribution is -2.04. The molecule has 0 N–H and O–H groups in total. The number of esters is 1. The molecule has 0 saturated heterocycles. The highest BCUT2D eigenvalue weighted by molar-refractivity contribution is 9.10. The Labute approximate surface area is 119 Å². The number of rotatable bonds is 3. The van der Waals surface area contributed by atoms with Crippen molar-refractivity contribution in [2.24, 2.45) is 0 Å². The van der Waals surface area contributed by atoms with Crippen molar-refractivity contribution in [3.05, 3.63) is 58.3 Å². The van der Waals surface area contributed by atoms with Crippen molar-refractivity contribution in [1.29, 1.82) is 0 Å². The van der Waals surface area contributed by atoms with Crippen molar-refractivity contribution >= 4 is 21.9 Å². The second-order valence-corrected chi connectivity index (χ2v) is 4.84. The van der Waals surface area contributed by atoms with Gasteiger partial charge in [-0.3, -0.25) is 0 Å². The molecule has 2 nitrogen and oxygen atoms in total. The zero-order valence-corrected chi connectivity index (χ0v) is 11.9. The van der Waals surface area contributed by atoms with E-state index in [1.165, 1.54) is 6.07 Å². The van der Waals surface area contributed by atoms with Gasteiger partial charge in [-0.15, -0.1) is 0 Å². The number of hydrogen-bond acceptors (Lipinski definition) is 2. The van der Waals surface area contributed by atoms with Crippen LogP contribution in [-0.4, -0.2) is 12.6 Å². The van der Waals surface area contributed by atoms with E-state index in [1.54, 1.807) is 43.3 Å². The molecule has 0 aromatic heterocycles. The van der Waals surface area contributed by atoms with E-state index in [2.05, 4.69) is 15.9 Å². The average molecular weight is 323 g/mol. The molecular formula is C15H12BrFO2. The van der Waals surface area contributed by atoms with Crippen molar-refractivity contribution in [1.82, 2.24) is 0 Å². The number of carbonyl (C=O) groups is 1. The third kappa shape index (κ3) is 3.20. The van der Waals surface area contributed by atoms with Gasteiger partial charge in [-0.1, -0.05) is 34.1 Å². The first-order valence-electron chi connectivity index (χ1n) is 5.84. The molecule has 0 fully saturated rings. The monoisotopic (exact) mass is 322 g/mol. The van der Waals surface area contributed by atoms with Crippen LogP contribution in [-0.2, 0) is 4.74 Å². The van der Waals surface area contributed by atoms with Crippen LogP contribution in [0.25, 0.3) is 11.1 Å². The topological polar surface area (TPSA) is 26.3 Å². The number of ether oxygens (including phenoxy) is 1. The normalized spacial score (nSPS) is 10.3. The van der Waals surface area contributed by atoms with Crippen LogP contribution in [0.2, 0.25) is 0 Å². The van der Waals surface area contributed by atoms with Crippen molar-refractivity contribution in [3.8, 4) is 11.1 Å². The third-order valence-corrected chi connectivity index (χ3v) is 3.13. The molecule has 0 aliphatic heterocycles. The summed E-state index contributed by atoms with van der Waals surface area (Å²) < 4.78 is 19.4. The fourth-order valence-electron chi connectivity index (χ4n) is 1.72. The van der Waals surface area contributed by atoms with Gasteiger partial charge in [-0.05, 0) is 36.8 Å². The Morgan fingerprint density at radius 3 is 2.47 bits per heavy atom. The van der Waals surface area contributed by atoms with E-state index < -0.39 is 0 Å². The quantitative estimate of drug-likeness (QED) is 0.781. The molecule has 0 aliphatic rings. The predicted octanol–water partition coefficient (Wildman–Crippen LogP) is 4.43. The Kier molecular flexibility index (Phi) is 4.32. The third-order valence-electron chi connectivity index (χ3n) is 2.64. The minimum Gasteiger partial charge on any atom is -0.462 e. The molecule has 0 radical (unpaired) electrons. The molecule has 0 spiro atoms. The minimum atomic E-state index is -0.370. The van der Waals surface area contributed by atoms with Gasteiger partial charge in [0, 0.05) is 10.0 Å². The van der Waals surface area contributed by atoms with Gasteiger partial charge in [0.25, 0.3) is 0 Å². The molecule has 0 atom stereocenters. The largest absolute Gasteiger partial charge is 0.462 e.